The molecule has 3 amide bonds. The molecule has 8 heteroatoms. The summed E-state index contributed by atoms with van der Waals surface area (Å²) < 4.78 is 4.98. The van der Waals surface area contributed by atoms with Crippen LogP contribution in [0.3, 0.4) is 0 Å². The smallest absolute Gasteiger partial charge is 0.326 e. The highest BCUT2D eigenvalue weighted by molar-refractivity contribution is 6.22. The molecule has 0 unspecified atom stereocenters. The zero-order valence-corrected chi connectivity index (χ0v) is 19.4. The zero-order chi connectivity index (χ0) is 24.9. The van der Waals surface area contributed by atoms with E-state index >= 15 is 0 Å². The highest BCUT2D eigenvalue weighted by Crippen LogP contribution is 2.28. The lowest BCUT2D eigenvalue weighted by Crippen LogP contribution is -2.36. The summed E-state index contributed by atoms with van der Waals surface area (Å²) in [4.78, 5) is 52.1. The van der Waals surface area contributed by atoms with E-state index in [2.05, 4.69) is 24.1 Å². The second-order valence-corrected chi connectivity index (χ2v) is 8.30. The molecule has 0 saturated heterocycles. The number of benzene rings is 3. The minimum absolute atomic E-state index is 0.222. The van der Waals surface area contributed by atoms with E-state index in [1.165, 1.54) is 12.1 Å². The number of rotatable bonds is 8. The lowest BCUT2D eigenvalue weighted by Gasteiger charge is -2.29. The topological polar surface area (TPSA) is 96.0 Å². The number of carbonyl (C=O) groups excluding carboxylic acids is 4. The first-order valence-corrected chi connectivity index (χ1v) is 11.2. The van der Waals surface area contributed by atoms with Gasteiger partial charge in [-0.05, 0) is 62.4 Å². The van der Waals surface area contributed by atoms with E-state index in [9.17, 15) is 19.2 Å². The van der Waals surface area contributed by atoms with Crippen LogP contribution in [0.1, 0.15) is 34.6 Å². The van der Waals surface area contributed by atoms with Gasteiger partial charge in [-0.25, -0.2) is 0 Å². The minimum Gasteiger partial charge on any atom is -0.454 e. The first-order chi connectivity index (χ1) is 16.8. The summed E-state index contributed by atoms with van der Waals surface area (Å²) in [6.45, 7) is 3.10. The maximum atomic E-state index is 12.3. The Kier molecular flexibility index (Phi) is 6.91. The summed E-state index contributed by atoms with van der Waals surface area (Å²) >= 11 is 0. The van der Waals surface area contributed by atoms with Crippen molar-refractivity contribution in [2.45, 2.75) is 19.9 Å². The normalized spacial score (nSPS) is 12.5. The predicted octanol–water partition coefficient (Wildman–Crippen LogP) is 4.01. The van der Waals surface area contributed by atoms with Crippen molar-refractivity contribution < 1.29 is 23.9 Å². The standard InChI is InChI=1S/C27H25N3O5/c1-18(2)30(20-8-4-3-5-9-20)21-14-12-19(13-15-21)28-24(31)17-35-25(32)16-29-26(33)22-10-6-7-11-23(22)27(29)34/h3-15,18H,16-17H2,1-2H3,(H,28,31). The van der Waals surface area contributed by atoms with Gasteiger partial charge in [-0.15, -0.1) is 0 Å². The largest absolute Gasteiger partial charge is 0.454 e. The highest BCUT2D eigenvalue weighted by atomic mass is 16.5. The molecule has 0 fully saturated rings. The molecule has 8 nitrogen and oxygen atoms in total. The first-order valence-electron chi connectivity index (χ1n) is 11.2. The molecule has 0 saturated carbocycles. The molecule has 3 aromatic rings. The Morgan fingerprint density at radius 3 is 1.94 bits per heavy atom. The number of imide groups is 1. The second-order valence-electron chi connectivity index (χ2n) is 8.30. The SMILES string of the molecule is CC(C)N(c1ccccc1)c1ccc(NC(=O)COC(=O)CN2C(=O)c3ccccc3C2=O)cc1. The molecule has 1 aliphatic heterocycles. The van der Waals surface area contributed by atoms with E-state index in [4.69, 9.17) is 4.74 Å². The summed E-state index contributed by atoms with van der Waals surface area (Å²) in [6.07, 6.45) is 0. The highest BCUT2D eigenvalue weighted by Gasteiger charge is 2.36. The summed E-state index contributed by atoms with van der Waals surface area (Å²) in [5, 5.41) is 2.68. The van der Waals surface area contributed by atoms with Gasteiger partial charge < -0.3 is 15.0 Å². The Balaban J connectivity index is 1.30. The van der Waals surface area contributed by atoms with Crippen molar-refractivity contribution >= 4 is 40.8 Å². The Morgan fingerprint density at radius 1 is 0.829 bits per heavy atom. The van der Waals surface area contributed by atoms with Crippen LogP contribution in [-0.4, -0.2) is 47.8 Å². The second kappa shape index (κ2) is 10.2. The van der Waals surface area contributed by atoms with Gasteiger partial charge in [0.25, 0.3) is 17.7 Å². The Hall–Kier alpha value is -4.46. The van der Waals surface area contributed by atoms with Crippen LogP contribution in [0, 0.1) is 0 Å². The van der Waals surface area contributed by atoms with Gasteiger partial charge in [0.15, 0.2) is 6.61 Å². The molecule has 178 valence electrons. The monoisotopic (exact) mass is 471 g/mol. The van der Waals surface area contributed by atoms with Crippen LogP contribution >= 0.6 is 0 Å². The first kappa shape index (κ1) is 23.7. The molecule has 1 N–H and O–H groups in total. The number of nitrogens with one attached hydrogen (secondary N) is 1. The molecule has 0 atom stereocenters. The zero-order valence-electron chi connectivity index (χ0n) is 19.4. The summed E-state index contributed by atoms with van der Waals surface area (Å²) in [5.74, 6) is -2.49. The van der Waals surface area contributed by atoms with Crippen molar-refractivity contribution in [3.05, 3.63) is 90.0 Å². The molecule has 0 bridgehead atoms. The van der Waals surface area contributed by atoms with E-state index in [-0.39, 0.29) is 17.2 Å². The van der Waals surface area contributed by atoms with Crippen molar-refractivity contribution in [1.82, 2.24) is 4.90 Å². The Bertz CT molecular complexity index is 1220. The molecule has 0 spiro atoms. The molecular weight excluding hydrogens is 446 g/mol. The van der Waals surface area contributed by atoms with Gasteiger partial charge in [-0.2, -0.15) is 0 Å². The number of esters is 1. The Morgan fingerprint density at radius 2 is 1.37 bits per heavy atom. The number of fused-ring (bicyclic) bond motifs is 1. The number of carbonyl (C=O) groups is 4. The van der Waals surface area contributed by atoms with E-state index in [1.807, 2.05) is 42.5 Å². The molecule has 1 aliphatic rings. The summed E-state index contributed by atoms with van der Waals surface area (Å²) in [6, 6.07) is 23.9. The molecular formula is C27H25N3O5. The third-order valence-corrected chi connectivity index (χ3v) is 5.51. The van der Waals surface area contributed by atoms with E-state index in [0.717, 1.165) is 16.3 Å². The fourth-order valence-corrected chi connectivity index (χ4v) is 3.94. The van der Waals surface area contributed by atoms with Crippen molar-refractivity contribution in [3.8, 4) is 0 Å². The maximum absolute atomic E-state index is 12.3. The third-order valence-electron chi connectivity index (χ3n) is 5.51. The van der Waals surface area contributed by atoms with Gasteiger partial charge in [0.05, 0.1) is 11.1 Å². The van der Waals surface area contributed by atoms with Crippen molar-refractivity contribution in [3.63, 3.8) is 0 Å². The summed E-state index contributed by atoms with van der Waals surface area (Å²) in [5.41, 5.74) is 3.07. The third kappa shape index (κ3) is 5.22. The van der Waals surface area contributed by atoms with Gasteiger partial charge in [0.1, 0.15) is 6.54 Å². The lowest BCUT2D eigenvalue weighted by atomic mass is 10.1. The summed E-state index contributed by atoms with van der Waals surface area (Å²) in [7, 11) is 0. The number of amides is 3. The number of nitrogens with zero attached hydrogens (tertiary/aromatic N) is 2. The molecule has 0 radical (unpaired) electrons. The van der Waals surface area contributed by atoms with Crippen LogP contribution in [0.2, 0.25) is 0 Å². The molecule has 4 rings (SSSR count). The quantitative estimate of drug-likeness (QED) is 0.394. The number of hydrogen-bond acceptors (Lipinski definition) is 6. The maximum Gasteiger partial charge on any atom is 0.326 e. The number of anilines is 3. The van der Waals surface area contributed by atoms with Crippen molar-refractivity contribution in [2.75, 3.05) is 23.4 Å². The van der Waals surface area contributed by atoms with Gasteiger partial charge in [-0.1, -0.05) is 30.3 Å². The van der Waals surface area contributed by atoms with Gasteiger partial charge in [-0.3, -0.25) is 24.1 Å². The molecule has 3 aromatic carbocycles. The average molecular weight is 472 g/mol. The van der Waals surface area contributed by atoms with Gasteiger partial charge in [0.2, 0.25) is 0 Å². The average Bonchev–Trinajstić information content (AvgIpc) is 3.09. The predicted molar refractivity (Wildman–Crippen MR) is 132 cm³/mol. The minimum atomic E-state index is -0.847. The lowest BCUT2D eigenvalue weighted by molar-refractivity contribution is -0.147. The molecule has 35 heavy (non-hydrogen) atoms. The van der Waals surface area contributed by atoms with Crippen LogP contribution in [0.15, 0.2) is 78.9 Å². The molecule has 1 heterocycles. The fraction of sp³-hybridized carbons (Fsp3) is 0.185. The fourth-order valence-electron chi connectivity index (χ4n) is 3.94. The van der Waals surface area contributed by atoms with Gasteiger partial charge in [0, 0.05) is 23.1 Å². The molecule has 0 aromatic heterocycles. The van der Waals surface area contributed by atoms with Gasteiger partial charge >= 0.3 is 5.97 Å². The van der Waals surface area contributed by atoms with Crippen molar-refractivity contribution in [1.29, 1.82) is 0 Å². The number of hydrogen-bond donors (Lipinski definition) is 1. The van der Waals surface area contributed by atoms with E-state index in [1.54, 1.807) is 24.3 Å². The van der Waals surface area contributed by atoms with Crippen LogP contribution in [0.25, 0.3) is 0 Å². The van der Waals surface area contributed by atoms with Crippen molar-refractivity contribution in [2.24, 2.45) is 0 Å². The number of ether oxygens (including phenoxy) is 1. The van der Waals surface area contributed by atoms with Crippen LogP contribution in [-0.2, 0) is 14.3 Å². The Labute approximate surface area is 203 Å². The van der Waals surface area contributed by atoms with Crippen LogP contribution in [0.4, 0.5) is 17.1 Å². The molecule has 0 aliphatic carbocycles. The number of para-hydroxylation sites is 1. The van der Waals surface area contributed by atoms with Crippen LogP contribution < -0.4 is 10.2 Å². The van der Waals surface area contributed by atoms with E-state index in [0.29, 0.717) is 5.69 Å². The van der Waals surface area contributed by atoms with Crippen LogP contribution in [0.5, 0.6) is 0 Å². The van der Waals surface area contributed by atoms with E-state index < -0.39 is 36.8 Å².